The van der Waals surface area contributed by atoms with Gasteiger partial charge in [-0.25, -0.2) is 0 Å². The number of hydrogen-bond acceptors (Lipinski definition) is 11. The van der Waals surface area contributed by atoms with Crippen molar-refractivity contribution in [3.8, 4) is 0 Å². The molecule has 0 radical (unpaired) electrons. The Labute approximate surface area is 464 Å². The average Bonchev–Trinajstić information content (AvgIpc) is 3.36. The number of carbonyl (C=O) groups excluding carboxylic acids is 5. The first-order valence-electron chi connectivity index (χ1n) is 31.1. The number of esters is 5. The number of aliphatic carboxylic acids is 1. The monoisotopic (exact) mass is 1070 g/mol. The van der Waals surface area contributed by atoms with E-state index >= 15 is 0 Å². The zero-order valence-electron chi connectivity index (χ0n) is 51.6. The van der Waals surface area contributed by atoms with Crippen LogP contribution >= 0.6 is 0 Å². The molecule has 0 spiro atoms. The van der Waals surface area contributed by atoms with Gasteiger partial charge in [0.1, 0.15) is 0 Å². The lowest BCUT2D eigenvalue weighted by Gasteiger charge is -2.03. The molecule has 450 valence electrons. The molecular formula is C63H126O12. The van der Waals surface area contributed by atoms with Crippen LogP contribution in [0.1, 0.15) is 333 Å². The molecule has 75 heavy (non-hydrogen) atoms. The maximum Gasteiger partial charge on any atom is 0.305 e. The molecule has 0 aliphatic carbocycles. The van der Waals surface area contributed by atoms with Crippen molar-refractivity contribution < 1.29 is 57.6 Å². The molecule has 0 aliphatic rings. The van der Waals surface area contributed by atoms with Crippen LogP contribution in [0.5, 0.6) is 0 Å². The fraction of sp³-hybridized carbons (Fsp3) is 0.905. The number of ether oxygens (including phenoxy) is 5. The van der Waals surface area contributed by atoms with Crippen LogP contribution in [0.2, 0.25) is 0 Å². The van der Waals surface area contributed by atoms with Crippen LogP contribution in [-0.2, 0) is 52.5 Å². The lowest BCUT2D eigenvalue weighted by Crippen LogP contribution is -2.03. The van der Waals surface area contributed by atoms with Crippen molar-refractivity contribution in [3.63, 3.8) is 0 Å². The Hall–Kier alpha value is -3.18. The van der Waals surface area contributed by atoms with E-state index in [4.69, 9.17) is 24.1 Å². The smallest absolute Gasteiger partial charge is 0.305 e. The van der Waals surface area contributed by atoms with Crippen molar-refractivity contribution in [1.29, 1.82) is 0 Å². The van der Waals surface area contributed by atoms with Gasteiger partial charge in [0.2, 0.25) is 0 Å². The standard InChI is InChI=1S/C18H36O2.C16H32O2.C10H20O2.C8H16O2.C7H14O2.C4H8O2/c1-3-5-6-7-8-9-10-11-12-13-14-15-16-17-18(19)20-4-2;1-3-5-6-7-8-9-10-11-12-13-14-15-16(17)18-4-2;1-3-5-6-7-8-9-10(11)12-4-2;1-3-5-6-7-8(9)10-4-2;1-6(2)4-3-5-7(8)9;1-3-6-4(2)5/h3-17H2,1-2H3;3-15H2,1-2H3;3-9H2,1-2H3;3-7H2,1-2H3;6H,3-5H2,1-2H3,(H,8,9);3H2,1-2H3. The molecule has 0 aromatic heterocycles. The minimum absolute atomic E-state index is 0.0319. The SMILES string of the molecule is CC(C)CCCC(=O)O.CCCCCC(=O)OCC.CCCCCCCC(=O)OCC.CCCCCCCCCCCCCC(=O)OCC.CCCCCCCCCCCCCCCC(=O)OCC.CCOC(C)=O. The highest BCUT2D eigenvalue weighted by atomic mass is 16.5. The molecule has 0 amide bonds. The van der Waals surface area contributed by atoms with Crippen LogP contribution in [0.25, 0.3) is 0 Å². The first-order chi connectivity index (χ1) is 36.1. The van der Waals surface area contributed by atoms with Gasteiger partial charge in [-0.15, -0.1) is 0 Å². The van der Waals surface area contributed by atoms with Crippen LogP contribution in [0, 0.1) is 5.92 Å². The quantitative estimate of drug-likeness (QED) is 0.0348. The van der Waals surface area contributed by atoms with Gasteiger partial charge in [-0.3, -0.25) is 28.8 Å². The fourth-order valence-corrected chi connectivity index (χ4v) is 7.41. The maximum absolute atomic E-state index is 11.1. The zero-order valence-corrected chi connectivity index (χ0v) is 51.6. The van der Waals surface area contributed by atoms with E-state index in [2.05, 4.69) is 46.3 Å². The number of rotatable bonds is 45. The second kappa shape index (κ2) is 77.3. The van der Waals surface area contributed by atoms with Crippen molar-refractivity contribution in [2.75, 3.05) is 33.0 Å². The van der Waals surface area contributed by atoms with Crippen molar-refractivity contribution in [1.82, 2.24) is 0 Å². The molecule has 0 rings (SSSR count). The molecule has 0 heterocycles. The Kier molecular flexibility index (Phi) is 85.7. The predicted octanol–water partition coefficient (Wildman–Crippen LogP) is 18.8. The van der Waals surface area contributed by atoms with Gasteiger partial charge in [0.25, 0.3) is 0 Å². The van der Waals surface area contributed by atoms with E-state index in [1.54, 1.807) is 6.92 Å². The molecule has 12 heteroatoms. The maximum atomic E-state index is 11.1. The molecule has 12 nitrogen and oxygen atoms in total. The molecule has 0 saturated carbocycles. The third-order valence-corrected chi connectivity index (χ3v) is 11.7. The topological polar surface area (TPSA) is 169 Å². The van der Waals surface area contributed by atoms with Crippen molar-refractivity contribution in [2.45, 2.75) is 333 Å². The lowest BCUT2D eigenvalue weighted by atomic mass is 10.0. The summed E-state index contributed by atoms with van der Waals surface area (Å²) in [5.41, 5.74) is 0. The molecule has 1 N–H and O–H groups in total. The number of carbonyl (C=O) groups is 6. The summed E-state index contributed by atoms with van der Waals surface area (Å²) in [6, 6.07) is 0. The molecule has 0 unspecified atom stereocenters. The molecule has 0 aromatic carbocycles. The normalized spacial score (nSPS) is 10.0. The van der Waals surface area contributed by atoms with Crippen molar-refractivity contribution in [3.05, 3.63) is 0 Å². The summed E-state index contributed by atoms with van der Waals surface area (Å²) in [5.74, 6) is -0.438. The minimum atomic E-state index is -0.685. The van der Waals surface area contributed by atoms with E-state index in [0.717, 1.165) is 57.8 Å². The Bertz CT molecular complexity index is 1160. The van der Waals surface area contributed by atoms with E-state index < -0.39 is 5.97 Å². The second-order valence-corrected chi connectivity index (χ2v) is 19.7. The zero-order chi connectivity index (χ0) is 57.7. The highest BCUT2D eigenvalue weighted by Gasteiger charge is 2.03. The Morgan fingerprint density at radius 3 is 0.667 bits per heavy atom. The van der Waals surface area contributed by atoms with Crippen molar-refractivity contribution >= 4 is 35.8 Å². The molecule has 0 fully saturated rings. The Morgan fingerprint density at radius 2 is 0.493 bits per heavy atom. The van der Waals surface area contributed by atoms with E-state index in [1.807, 2.05) is 27.7 Å². The van der Waals surface area contributed by atoms with E-state index in [1.165, 1.54) is 167 Å². The van der Waals surface area contributed by atoms with Gasteiger partial charge >= 0.3 is 35.8 Å². The number of carboxylic acids is 1. The predicted molar refractivity (Wildman–Crippen MR) is 314 cm³/mol. The molecule has 0 aliphatic heterocycles. The number of carboxylic acid groups (broad SMARTS) is 1. The number of unbranched alkanes of at least 4 members (excludes halogenated alkanes) is 28. The third-order valence-electron chi connectivity index (χ3n) is 11.7. The summed E-state index contributed by atoms with van der Waals surface area (Å²) in [6.07, 6.45) is 45.6. The lowest BCUT2D eigenvalue weighted by molar-refractivity contribution is -0.144. The minimum Gasteiger partial charge on any atom is -0.481 e. The number of hydrogen-bond donors (Lipinski definition) is 1. The largest absolute Gasteiger partial charge is 0.481 e. The van der Waals surface area contributed by atoms with Crippen LogP contribution in [0.3, 0.4) is 0 Å². The average molecular weight is 1080 g/mol. The van der Waals surface area contributed by atoms with E-state index in [-0.39, 0.29) is 29.8 Å². The summed E-state index contributed by atoms with van der Waals surface area (Å²) in [7, 11) is 0. The highest BCUT2D eigenvalue weighted by molar-refractivity contribution is 5.70. The van der Waals surface area contributed by atoms with Crippen LogP contribution in [0.15, 0.2) is 0 Å². The summed E-state index contributed by atoms with van der Waals surface area (Å²) in [5, 5.41) is 8.23. The molecule has 0 atom stereocenters. The molecule has 0 aromatic rings. The van der Waals surface area contributed by atoms with Crippen molar-refractivity contribution in [2.24, 2.45) is 5.92 Å². The fourth-order valence-electron chi connectivity index (χ4n) is 7.41. The molecular weight excluding hydrogens is 949 g/mol. The van der Waals surface area contributed by atoms with Crippen LogP contribution in [-0.4, -0.2) is 74.0 Å². The third kappa shape index (κ3) is 100. The first kappa shape index (κ1) is 83.1. The summed E-state index contributed by atoms with van der Waals surface area (Å²) in [6.45, 7) is 26.1. The molecule has 0 saturated heterocycles. The Morgan fingerprint density at radius 1 is 0.293 bits per heavy atom. The summed E-state index contributed by atoms with van der Waals surface area (Å²) < 4.78 is 23.8. The first-order valence-corrected chi connectivity index (χ1v) is 31.1. The summed E-state index contributed by atoms with van der Waals surface area (Å²) >= 11 is 0. The van der Waals surface area contributed by atoms with Crippen LogP contribution in [0.4, 0.5) is 0 Å². The Balaban J connectivity index is -0.000000198. The van der Waals surface area contributed by atoms with E-state index in [0.29, 0.717) is 71.1 Å². The van der Waals surface area contributed by atoms with Gasteiger partial charge in [0.05, 0.1) is 33.0 Å². The van der Waals surface area contributed by atoms with Gasteiger partial charge in [-0.2, -0.15) is 0 Å². The summed E-state index contributed by atoms with van der Waals surface area (Å²) in [4.78, 5) is 63.6. The van der Waals surface area contributed by atoms with Gasteiger partial charge < -0.3 is 28.8 Å². The van der Waals surface area contributed by atoms with Gasteiger partial charge in [0, 0.05) is 39.0 Å². The highest BCUT2D eigenvalue weighted by Crippen LogP contribution is 2.14. The van der Waals surface area contributed by atoms with Gasteiger partial charge in [-0.1, -0.05) is 228 Å². The van der Waals surface area contributed by atoms with Gasteiger partial charge in [-0.05, 0) is 72.6 Å². The van der Waals surface area contributed by atoms with Crippen LogP contribution < -0.4 is 0 Å². The molecule has 0 bridgehead atoms. The second-order valence-electron chi connectivity index (χ2n) is 19.7. The van der Waals surface area contributed by atoms with Gasteiger partial charge in [0.15, 0.2) is 0 Å². The van der Waals surface area contributed by atoms with E-state index in [9.17, 15) is 28.8 Å².